The summed E-state index contributed by atoms with van der Waals surface area (Å²) < 4.78 is 5.68. The number of aromatic nitrogens is 1. The highest BCUT2D eigenvalue weighted by atomic mass is 16.5. The van der Waals surface area contributed by atoms with Crippen LogP contribution in [-0.4, -0.2) is 33.5 Å². The van der Waals surface area contributed by atoms with Crippen LogP contribution in [0.4, 0.5) is 0 Å². The van der Waals surface area contributed by atoms with E-state index >= 15 is 0 Å². The van der Waals surface area contributed by atoms with E-state index in [9.17, 15) is 9.90 Å². The fourth-order valence-corrected chi connectivity index (χ4v) is 2.45. The van der Waals surface area contributed by atoms with E-state index in [1.54, 1.807) is 23.2 Å². The molecule has 5 heteroatoms. The number of amides is 1. The van der Waals surface area contributed by atoms with Crippen molar-refractivity contribution in [1.82, 2.24) is 9.88 Å². The summed E-state index contributed by atoms with van der Waals surface area (Å²) in [7, 11) is 0. The van der Waals surface area contributed by atoms with Gasteiger partial charge in [0.25, 0.3) is 5.91 Å². The van der Waals surface area contributed by atoms with Gasteiger partial charge in [-0.3, -0.25) is 9.78 Å². The van der Waals surface area contributed by atoms with Gasteiger partial charge in [-0.05, 0) is 38.1 Å². The van der Waals surface area contributed by atoms with Crippen molar-refractivity contribution in [3.63, 3.8) is 0 Å². The van der Waals surface area contributed by atoms with Crippen molar-refractivity contribution >= 4 is 11.5 Å². The highest BCUT2D eigenvalue weighted by Crippen LogP contribution is 2.28. The van der Waals surface area contributed by atoms with Gasteiger partial charge < -0.3 is 14.7 Å². The fraction of sp³-hybridized carbons (Fsp3) is 0.222. The molecule has 0 radical (unpaired) electrons. The maximum Gasteiger partial charge on any atom is 0.289 e. The van der Waals surface area contributed by atoms with E-state index in [1.807, 2.05) is 44.2 Å². The first kappa shape index (κ1) is 15.1. The summed E-state index contributed by atoms with van der Waals surface area (Å²) in [6, 6.07) is 13.0. The molecule has 1 N–H and O–H groups in total. The molecule has 0 unspecified atom stereocenters. The molecule has 1 aliphatic rings. The van der Waals surface area contributed by atoms with Crippen LogP contribution in [0.1, 0.15) is 19.5 Å². The van der Waals surface area contributed by atoms with Gasteiger partial charge in [0.05, 0.1) is 18.4 Å². The van der Waals surface area contributed by atoms with Crippen molar-refractivity contribution in [3.05, 3.63) is 60.1 Å². The number of carbonyl (C=O) groups is 1. The third kappa shape index (κ3) is 3.04. The Labute approximate surface area is 134 Å². The van der Waals surface area contributed by atoms with Crippen molar-refractivity contribution in [1.29, 1.82) is 0 Å². The zero-order valence-corrected chi connectivity index (χ0v) is 13.1. The zero-order chi connectivity index (χ0) is 16.4. The van der Waals surface area contributed by atoms with Crippen molar-refractivity contribution < 1.29 is 14.6 Å². The van der Waals surface area contributed by atoms with Crippen molar-refractivity contribution in [2.24, 2.45) is 0 Å². The minimum absolute atomic E-state index is 0.0304. The number of pyridine rings is 1. The minimum Gasteiger partial charge on any atom is -0.503 e. The van der Waals surface area contributed by atoms with Gasteiger partial charge in [0.15, 0.2) is 5.76 Å². The Kier molecular flexibility index (Phi) is 4.02. The third-order valence-electron chi connectivity index (χ3n) is 3.73. The van der Waals surface area contributed by atoms with Gasteiger partial charge in [-0.1, -0.05) is 18.2 Å². The predicted molar refractivity (Wildman–Crippen MR) is 87.2 cm³/mol. The molecule has 0 bridgehead atoms. The minimum atomic E-state index is -0.346. The Balaban J connectivity index is 1.79. The van der Waals surface area contributed by atoms with Crippen molar-refractivity contribution in [2.45, 2.75) is 19.9 Å². The summed E-state index contributed by atoms with van der Waals surface area (Å²) in [5.41, 5.74) is 1.13. The highest BCUT2D eigenvalue weighted by molar-refractivity contribution is 6.03. The molecule has 3 rings (SSSR count). The first-order valence-electron chi connectivity index (χ1n) is 7.48. The predicted octanol–water partition coefficient (Wildman–Crippen LogP) is 3.39. The molecule has 118 valence electrons. The second-order valence-corrected chi connectivity index (χ2v) is 5.65. The lowest BCUT2D eigenvalue weighted by Gasteiger charge is -2.20. The molecular weight excluding hydrogens is 292 g/mol. The SMILES string of the molecule is CC(C)N1CC(c2ccc(Oc3ccccc3)cn2)=C(O)C1=O. The van der Waals surface area contributed by atoms with Crippen LogP contribution in [-0.2, 0) is 4.79 Å². The van der Waals surface area contributed by atoms with E-state index in [4.69, 9.17) is 4.74 Å². The number of nitrogens with zero attached hydrogens (tertiary/aromatic N) is 2. The van der Waals surface area contributed by atoms with E-state index in [0.717, 1.165) is 5.75 Å². The number of carbonyl (C=O) groups excluding carboxylic acids is 1. The molecule has 0 aliphatic carbocycles. The first-order valence-corrected chi connectivity index (χ1v) is 7.48. The number of aliphatic hydroxyl groups is 1. The second-order valence-electron chi connectivity index (χ2n) is 5.65. The van der Waals surface area contributed by atoms with Crippen LogP contribution in [0.15, 0.2) is 54.4 Å². The smallest absolute Gasteiger partial charge is 0.289 e. The van der Waals surface area contributed by atoms with Gasteiger partial charge in [-0.25, -0.2) is 0 Å². The summed E-state index contributed by atoms with van der Waals surface area (Å²) in [4.78, 5) is 17.9. The van der Waals surface area contributed by atoms with Crippen LogP contribution in [0, 0.1) is 0 Å². The van der Waals surface area contributed by atoms with Gasteiger partial charge in [-0.2, -0.15) is 0 Å². The zero-order valence-electron chi connectivity index (χ0n) is 13.1. The quantitative estimate of drug-likeness (QED) is 0.940. The molecule has 1 amide bonds. The van der Waals surface area contributed by atoms with Crippen LogP contribution >= 0.6 is 0 Å². The van der Waals surface area contributed by atoms with Crippen LogP contribution < -0.4 is 4.74 Å². The van der Waals surface area contributed by atoms with Gasteiger partial charge in [0, 0.05) is 11.6 Å². The number of benzene rings is 1. The second kappa shape index (κ2) is 6.12. The van der Waals surface area contributed by atoms with E-state index in [1.165, 1.54) is 0 Å². The molecule has 0 saturated carbocycles. The Morgan fingerprint density at radius 2 is 1.87 bits per heavy atom. The molecule has 23 heavy (non-hydrogen) atoms. The lowest BCUT2D eigenvalue weighted by Crippen LogP contribution is -2.33. The molecule has 1 aromatic heterocycles. The molecule has 0 fully saturated rings. The van der Waals surface area contributed by atoms with Crippen LogP contribution in [0.5, 0.6) is 11.5 Å². The van der Waals surface area contributed by atoms with E-state index in [2.05, 4.69) is 4.98 Å². The summed E-state index contributed by atoms with van der Waals surface area (Å²) in [5.74, 6) is 0.764. The Morgan fingerprint density at radius 1 is 1.13 bits per heavy atom. The summed E-state index contributed by atoms with van der Waals surface area (Å²) in [6.07, 6.45) is 1.59. The molecule has 2 aromatic rings. The molecule has 2 heterocycles. The number of hydrogen-bond acceptors (Lipinski definition) is 4. The maximum absolute atomic E-state index is 12.0. The van der Waals surface area contributed by atoms with Gasteiger partial charge in [-0.15, -0.1) is 0 Å². The number of rotatable bonds is 4. The number of para-hydroxylation sites is 1. The normalized spacial score (nSPS) is 14.7. The number of aliphatic hydroxyl groups excluding tert-OH is 1. The number of hydrogen-bond donors (Lipinski definition) is 1. The lowest BCUT2D eigenvalue weighted by atomic mass is 10.1. The van der Waals surface area contributed by atoms with Gasteiger partial charge >= 0.3 is 0 Å². The van der Waals surface area contributed by atoms with Crippen molar-refractivity contribution in [3.8, 4) is 11.5 Å². The third-order valence-corrected chi connectivity index (χ3v) is 3.73. The van der Waals surface area contributed by atoms with Crippen LogP contribution in [0.3, 0.4) is 0 Å². The molecule has 5 nitrogen and oxygen atoms in total. The van der Waals surface area contributed by atoms with Gasteiger partial charge in [0.2, 0.25) is 0 Å². The average Bonchev–Trinajstić information content (AvgIpc) is 2.85. The lowest BCUT2D eigenvalue weighted by molar-refractivity contribution is -0.129. The Bertz CT molecular complexity index is 737. The van der Waals surface area contributed by atoms with E-state index in [-0.39, 0.29) is 17.7 Å². The first-order chi connectivity index (χ1) is 11.1. The molecule has 0 saturated heterocycles. The summed E-state index contributed by atoms with van der Waals surface area (Å²) >= 11 is 0. The average molecular weight is 310 g/mol. The molecule has 1 aliphatic heterocycles. The Hall–Kier alpha value is -2.82. The molecule has 0 spiro atoms. The van der Waals surface area contributed by atoms with Crippen LogP contribution in [0.2, 0.25) is 0 Å². The van der Waals surface area contributed by atoms with E-state index in [0.29, 0.717) is 23.6 Å². The summed E-state index contributed by atoms with van der Waals surface area (Å²) in [5, 5.41) is 10.1. The van der Waals surface area contributed by atoms with Gasteiger partial charge in [0.1, 0.15) is 11.5 Å². The molecular formula is C18H18N2O3. The number of ether oxygens (including phenoxy) is 1. The summed E-state index contributed by atoms with van der Waals surface area (Å²) in [6.45, 7) is 4.20. The van der Waals surface area contributed by atoms with Crippen LogP contribution in [0.25, 0.3) is 5.57 Å². The van der Waals surface area contributed by atoms with Crippen molar-refractivity contribution in [2.75, 3.05) is 6.54 Å². The van der Waals surface area contributed by atoms with E-state index < -0.39 is 0 Å². The largest absolute Gasteiger partial charge is 0.503 e. The molecule has 0 atom stereocenters. The monoisotopic (exact) mass is 310 g/mol. The molecule has 1 aromatic carbocycles. The fourth-order valence-electron chi connectivity index (χ4n) is 2.45. The topological polar surface area (TPSA) is 62.7 Å². The Morgan fingerprint density at radius 3 is 2.43 bits per heavy atom. The highest BCUT2D eigenvalue weighted by Gasteiger charge is 2.32. The standard InChI is InChI=1S/C18H18N2O3/c1-12(2)20-11-15(17(21)18(20)22)16-9-8-14(10-19-16)23-13-6-4-3-5-7-13/h3-10,12,21H,11H2,1-2H3. The maximum atomic E-state index is 12.0.